The second-order valence-electron chi connectivity index (χ2n) is 10.9. The van der Waals surface area contributed by atoms with Gasteiger partial charge in [-0.25, -0.2) is 15.0 Å². The number of anilines is 1. The number of imidazole rings is 1. The number of nitrogens with zero attached hydrogens (tertiary/aromatic N) is 4. The standard InChI is InChI=1S/C27H33N5O6SSi/c1-27(2,3)40(18-11-7-5-8-12-18,19-13-9-6-10-14-19)36-15-20-22(33)23(38-39(4,34)35)26(37-20)32-17-31-21-24(28)29-16-30-25(21)32/h5-14,16-17,20,22-23,26,33H,15H2,1-4H3,(H2,28,29,30)/t20-,22-,23+,26-/m1/s1. The van der Waals surface area contributed by atoms with Gasteiger partial charge in [0.15, 0.2) is 23.8 Å². The first-order chi connectivity index (χ1) is 18.9. The van der Waals surface area contributed by atoms with Gasteiger partial charge in [-0.3, -0.25) is 8.75 Å². The summed E-state index contributed by atoms with van der Waals surface area (Å²) in [7, 11) is -6.93. The minimum atomic E-state index is -3.97. The molecule has 3 N–H and O–H groups in total. The van der Waals surface area contributed by atoms with Crippen LogP contribution in [0, 0.1) is 0 Å². The van der Waals surface area contributed by atoms with Crippen molar-refractivity contribution >= 4 is 45.8 Å². The predicted molar refractivity (Wildman–Crippen MR) is 153 cm³/mol. The number of fused-ring (bicyclic) bond motifs is 1. The lowest BCUT2D eigenvalue weighted by atomic mass is 10.1. The molecular weight excluding hydrogens is 550 g/mol. The van der Waals surface area contributed by atoms with Gasteiger partial charge in [0.1, 0.15) is 24.1 Å². The van der Waals surface area contributed by atoms with Crippen LogP contribution in [0.15, 0.2) is 73.3 Å². The maximum atomic E-state index is 12.2. The first-order valence-corrected chi connectivity index (χ1v) is 16.5. The van der Waals surface area contributed by atoms with E-state index < -0.39 is 43.0 Å². The lowest BCUT2D eigenvalue weighted by molar-refractivity contribution is -0.0455. The van der Waals surface area contributed by atoms with Crippen molar-refractivity contribution in [3.8, 4) is 0 Å². The highest BCUT2D eigenvalue weighted by Gasteiger charge is 2.53. The summed E-state index contributed by atoms with van der Waals surface area (Å²) in [5, 5.41) is 13.2. The Kier molecular flexibility index (Phi) is 7.54. The molecule has 4 atom stereocenters. The Morgan fingerprint density at radius 2 is 1.62 bits per heavy atom. The third kappa shape index (κ3) is 5.16. The molecule has 2 aromatic carbocycles. The van der Waals surface area contributed by atoms with Crippen molar-refractivity contribution in [3.05, 3.63) is 73.3 Å². The zero-order valence-corrected chi connectivity index (χ0v) is 24.5. The van der Waals surface area contributed by atoms with Gasteiger partial charge in [0.05, 0.1) is 19.2 Å². The Bertz CT molecular complexity index is 1540. The number of benzene rings is 2. The van der Waals surface area contributed by atoms with E-state index in [0.717, 1.165) is 16.6 Å². The molecular formula is C27H33N5O6SSi. The molecule has 1 aliphatic rings. The van der Waals surface area contributed by atoms with Crippen LogP contribution in [0.5, 0.6) is 0 Å². The number of nitrogens with two attached hydrogens (primary N) is 1. The van der Waals surface area contributed by atoms with E-state index in [-0.39, 0.29) is 17.5 Å². The van der Waals surface area contributed by atoms with Crippen LogP contribution < -0.4 is 16.1 Å². The van der Waals surface area contributed by atoms with Gasteiger partial charge in [-0.05, 0) is 15.4 Å². The molecule has 1 aliphatic heterocycles. The average Bonchev–Trinajstić information content (AvgIpc) is 3.46. The lowest BCUT2D eigenvalue weighted by Crippen LogP contribution is -2.67. The van der Waals surface area contributed by atoms with E-state index in [0.29, 0.717) is 11.2 Å². The van der Waals surface area contributed by atoms with Crippen molar-refractivity contribution in [1.29, 1.82) is 0 Å². The molecule has 212 valence electrons. The topological polar surface area (TPSA) is 152 Å². The molecule has 1 saturated heterocycles. The highest BCUT2D eigenvalue weighted by molar-refractivity contribution is 7.86. The Morgan fingerprint density at radius 3 is 2.17 bits per heavy atom. The second kappa shape index (κ2) is 10.6. The average molecular weight is 584 g/mol. The van der Waals surface area contributed by atoms with Crippen LogP contribution in [0.1, 0.15) is 27.0 Å². The summed E-state index contributed by atoms with van der Waals surface area (Å²) in [5.41, 5.74) is 6.59. The van der Waals surface area contributed by atoms with Crippen molar-refractivity contribution < 1.29 is 26.9 Å². The van der Waals surface area contributed by atoms with Crippen LogP contribution in [0.3, 0.4) is 0 Å². The summed E-state index contributed by atoms with van der Waals surface area (Å²) in [6.07, 6.45) is -0.999. The first kappa shape index (κ1) is 28.3. The molecule has 5 rings (SSSR count). The number of nitrogen functional groups attached to an aromatic ring is 1. The Morgan fingerprint density at radius 1 is 1.02 bits per heavy atom. The second-order valence-corrected chi connectivity index (χ2v) is 16.8. The minimum absolute atomic E-state index is 0.0156. The number of hydrogen-bond acceptors (Lipinski definition) is 10. The number of hydrogen-bond donors (Lipinski definition) is 2. The first-order valence-electron chi connectivity index (χ1n) is 12.8. The van der Waals surface area contributed by atoms with Crippen molar-refractivity contribution in [2.45, 2.75) is 50.3 Å². The molecule has 40 heavy (non-hydrogen) atoms. The van der Waals surface area contributed by atoms with Crippen molar-refractivity contribution in [1.82, 2.24) is 19.5 Å². The molecule has 0 saturated carbocycles. The van der Waals surface area contributed by atoms with Crippen LogP contribution >= 0.6 is 0 Å². The van der Waals surface area contributed by atoms with E-state index in [9.17, 15) is 13.5 Å². The van der Waals surface area contributed by atoms with Crippen molar-refractivity contribution in [2.24, 2.45) is 0 Å². The van der Waals surface area contributed by atoms with Gasteiger partial charge in [-0.1, -0.05) is 81.4 Å². The number of aromatic nitrogens is 4. The molecule has 0 aliphatic carbocycles. The van der Waals surface area contributed by atoms with Crippen LogP contribution in [-0.4, -0.2) is 72.5 Å². The third-order valence-corrected chi connectivity index (χ3v) is 12.7. The number of aliphatic hydroxyl groups is 1. The molecule has 0 spiro atoms. The Hall–Kier alpha value is -3.20. The summed E-state index contributed by atoms with van der Waals surface area (Å²) in [5.74, 6) is 0.162. The van der Waals surface area contributed by atoms with Gasteiger partial charge in [-0.2, -0.15) is 8.42 Å². The molecule has 1 fully saturated rings. The molecule has 0 radical (unpaired) electrons. The normalized spacial score (nSPS) is 22.1. The van der Waals surface area contributed by atoms with Crippen LogP contribution in [0.25, 0.3) is 11.2 Å². The van der Waals surface area contributed by atoms with Gasteiger partial charge in [-0.15, -0.1) is 0 Å². The molecule has 2 aromatic heterocycles. The minimum Gasteiger partial charge on any atom is -0.405 e. The fraction of sp³-hybridized carbons (Fsp3) is 0.370. The van der Waals surface area contributed by atoms with Gasteiger partial charge in [0.2, 0.25) is 0 Å². The predicted octanol–water partition coefficient (Wildman–Crippen LogP) is 1.59. The monoisotopic (exact) mass is 583 g/mol. The lowest BCUT2D eigenvalue weighted by Gasteiger charge is -2.43. The van der Waals surface area contributed by atoms with Crippen LogP contribution in [0.2, 0.25) is 5.04 Å². The molecule has 11 nitrogen and oxygen atoms in total. The van der Waals surface area contributed by atoms with E-state index in [4.69, 9.17) is 19.1 Å². The number of rotatable bonds is 8. The van der Waals surface area contributed by atoms with Crippen LogP contribution in [0.4, 0.5) is 5.82 Å². The Balaban J connectivity index is 1.53. The van der Waals surface area contributed by atoms with Gasteiger partial charge in [0, 0.05) is 0 Å². The van der Waals surface area contributed by atoms with Gasteiger partial charge >= 0.3 is 0 Å². The molecule has 3 heterocycles. The quantitative estimate of drug-likeness (QED) is 0.231. The zero-order valence-electron chi connectivity index (χ0n) is 22.7. The molecule has 4 aromatic rings. The van der Waals surface area contributed by atoms with E-state index in [1.165, 1.54) is 17.2 Å². The maximum absolute atomic E-state index is 12.2. The number of aliphatic hydroxyl groups excluding tert-OH is 1. The smallest absolute Gasteiger partial charge is 0.264 e. The molecule has 0 unspecified atom stereocenters. The summed E-state index contributed by atoms with van der Waals surface area (Å²) < 4.78 is 44.5. The third-order valence-electron chi connectivity index (χ3n) is 7.14. The van der Waals surface area contributed by atoms with Crippen LogP contribution in [-0.2, 0) is 23.5 Å². The Labute approximate surface area is 234 Å². The highest BCUT2D eigenvalue weighted by atomic mass is 32.2. The van der Waals surface area contributed by atoms with Gasteiger partial charge in [0.25, 0.3) is 18.4 Å². The largest absolute Gasteiger partial charge is 0.405 e. The van der Waals surface area contributed by atoms with Crippen molar-refractivity contribution in [2.75, 3.05) is 18.6 Å². The summed E-state index contributed by atoms with van der Waals surface area (Å²) in [6.45, 7) is 6.42. The number of ether oxygens (including phenoxy) is 1. The maximum Gasteiger partial charge on any atom is 0.264 e. The molecule has 0 bridgehead atoms. The van der Waals surface area contributed by atoms with E-state index in [1.54, 1.807) is 0 Å². The van der Waals surface area contributed by atoms with Gasteiger partial charge < -0.3 is 20.0 Å². The highest BCUT2D eigenvalue weighted by Crippen LogP contribution is 2.39. The van der Waals surface area contributed by atoms with Crippen molar-refractivity contribution in [3.63, 3.8) is 0 Å². The molecule has 13 heteroatoms. The SMILES string of the molecule is CC(C)(C)[Si](OC[C@H]1O[C@@H](n2cnc3c(N)ncnc32)[C@@H](OS(C)(=O)=O)[C@@H]1O)(c1ccccc1)c1ccccc1. The van der Waals surface area contributed by atoms with E-state index in [2.05, 4.69) is 60.0 Å². The summed E-state index contributed by atoms with van der Waals surface area (Å²) in [4.78, 5) is 12.5. The summed E-state index contributed by atoms with van der Waals surface area (Å²) >= 11 is 0. The molecule has 0 amide bonds. The van der Waals surface area contributed by atoms with E-state index >= 15 is 0 Å². The zero-order chi connectivity index (χ0) is 28.7. The summed E-state index contributed by atoms with van der Waals surface area (Å²) in [6, 6.07) is 20.1. The van der Waals surface area contributed by atoms with E-state index in [1.807, 2.05) is 36.4 Å². The fourth-order valence-corrected chi connectivity index (χ4v) is 10.6. The fourth-order valence-electron chi connectivity index (χ4n) is 5.41.